The van der Waals surface area contributed by atoms with Gasteiger partial charge in [-0.3, -0.25) is 9.48 Å². The molecule has 0 fully saturated rings. The molecule has 1 aromatic carbocycles. The van der Waals surface area contributed by atoms with Crippen LogP contribution in [-0.4, -0.2) is 28.3 Å². The predicted octanol–water partition coefficient (Wildman–Crippen LogP) is 2.30. The van der Waals surface area contributed by atoms with Gasteiger partial charge in [0.2, 0.25) is 5.91 Å². The quantitative estimate of drug-likeness (QED) is 0.819. The molecule has 0 saturated heterocycles. The third-order valence-corrected chi connectivity index (χ3v) is 3.80. The third kappa shape index (κ3) is 4.96. The number of ether oxygens (including phenoxy) is 1. The monoisotopic (exact) mass is 326 g/mol. The Morgan fingerprint density at radius 3 is 3.12 bits per heavy atom. The van der Waals surface area contributed by atoms with Gasteiger partial charge in [0.15, 0.2) is 0 Å². The third-order valence-electron chi connectivity index (χ3n) is 3.80. The van der Waals surface area contributed by atoms with Gasteiger partial charge in [0, 0.05) is 31.2 Å². The zero-order valence-electron chi connectivity index (χ0n) is 13.5. The molecule has 126 valence electrons. The van der Waals surface area contributed by atoms with Crippen molar-refractivity contribution in [1.82, 2.24) is 15.1 Å². The van der Waals surface area contributed by atoms with Crippen LogP contribution in [0.15, 0.2) is 55.1 Å². The van der Waals surface area contributed by atoms with E-state index < -0.39 is 0 Å². The van der Waals surface area contributed by atoms with Crippen LogP contribution in [0.2, 0.25) is 0 Å². The Hall–Kier alpha value is -2.60. The highest BCUT2D eigenvalue weighted by Crippen LogP contribution is 2.12. The normalized spacial score (nSPS) is 16.6. The molecule has 1 aromatic heterocycles. The van der Waals surface area contributed by atoms with Crippen LogP contribution < -0.4 is 10.6 Å². The smallest absolute Gasteiger partial charge is 0.246 e. The van der Waals surface area contributed by atoms with Crippen molar-refractivity contribution in [2.45, 2.75) is 32.0 Å². The summed E-state index contributed by atoms with van der Waals surface area (Å²) >= 11 is 0. The van der Waals surface area contributed by atoms with Crippen molar-refractivity contribution in [2.75, 3.05) is 11.9 Å². The Bertz CT molecular complexity index is 682. The first-order valence-electron chi connectivity index (χ1n) is 8.17. The molecule has 2 N–H and O–H groups in total. The first-order valence-corrected chi connectivity index (χ1v) is 8.17. The van der Waals surface area contributed by atoms with E-state index >= 15 is 0 Å². The van der Waals surface area contributed by atoms with Gasteiger partial charge in [-0.15, -0.1) is 0 Å². The molecule has 1 aliphatic rings. The lowest BCUT2D eigenvalue weighted by molar-refractivity contribution is -0.116. The van der Waals surface area contributed by atoms with Crippen LogP contribution in [0, 0.1) is 0 Å². The maximum atomic E-state index is 12.0. The van der Waals surface area contributed by atoms with Crippen LogP contribution in [0.4, 0.5) is 5.69 Å². The lowest BCUT2D eigenvalue weighted by atomic mass is 10.1. The number of allylic oxidation sites excluding steroid dienone is 1. The number of nitrogens with one attached hydrogen (secondary N) is 2. The lowest BCUT2D eigenvalue weighted by Crippen LogP contribution is -2.28. The number of carbonyl (C=O) groups is 1. The summed E-state index contributed by atoms with van der Waals surface area (Å²) < 4.78 is 7.13. The fourth-order valence-electron chi connectivity index (χ4n) is 2.61. The van der Waals surface area contributed by atoms with Crippen molar-refractivity contribution in [2.24, 2.45) is 0 Å². The van der Waals surface area contributed by atoms with Crippen molar-refractivity contribution in [3.05, 3.63) is 60.6 Å². The molecule has 0 saturated carbocycles. The maximum absolute atomic E-state index is 12.0. The van der Waals surface area contributed by atoms with Crippen LogP contribution in [0.3, 0.4) is 0 Å². The summed E-state index contributed by atoms with van der Waals surface area (Å²) in [7, 11) is 0. The second kappa shape index (κ2) is 8.31. The van der Waals surface area contributed by atoms with Crippen molar-refractivity contribution in [3.8, 4) is 0 Å². The molecule has 1 aliphatic heterocycles. The van der Waals surface area contributed by atoms with E-state index in [9.17, 15) is 4.79 Å². The van der Waals surface area contributed by atoms with Gasteiger partial charge in [-0.05, 0) is 42.7 Å². The SMILES string of the molecule is O=C(Cn1cccn1)Nc1cccc(CNCC2CCC=CO2)c1. The Morgan fingerprint density at radius 1 is 1.38 bits per heavy atom. The van der Waals surface area contributed by atoms with Crippen molar-refractivity contribution in [1.29, 1.82) is 0 Å². The van der Waals surface area contributed by atoms with Crippen LogP contribution >= 0.6 is 0 Å². The summed E-state index contributed by atoms with van der Waals surface area (Å²) in [6.45, 7) is 1.77. The summed E-state index contributed by atoms with van der Waals surface area (Å²) in [4.78, 5) is 12.0. The summed E-state index contributed by atoms with van der Waals surface area (Å²) in [5, 5.41) is 10.3. The maximum Gasteiger partial charge on any atom is 0.246 e. The van der Waals surface area contributed by atoms with Crippen LogP contribution in [-0.2, 0) is 22.6 Å². The molecule has 3 rings (SSSR count). The number of aromatic nitrogens is 2. The number of rotatable bonds is 7. The van der Waals surface area contributed by atoms with Crippen LogP contribution in [0.1, 0.15) is 18.4 Å². The molecule has 1 unspecified atom stereocenters. The number of nitrogens with zero attached hydrogens (tertiary/aromatic N) is 2. The van der Waals surface area contributed by atoms with E-state index in [0.29, 0.717) is 0 Å². The molecule has 1 atom stereocenters. The van der Waals surface area contributed by atoms with Gasteiger partial charge in [0.05, 0.1) is 6.26 Å². The number of amides is 1. The van der Waals surface area contributed by atoms with E-state index in [0.717, 1.165) is 37.2 Å². The highest BCUT2D eigenvalue weighted by atomic mass is 16.5. The zero-order valence-corrected chi connectivity index (χ0v) is 13.5. The van der Waals surface area contributed by atoms with E-state index in [1.807, 2.05) is 30.3 Å². The summed E-state index contributed by atoms with van der Waals surface area (Å²) in [6.07, 6.45) is 9.62. The lowest BCUT2D eigenvalue weighted by Gasteiger charge is -2.19. The highest BCUT2D eigenvalue weighted by Gasteiger charge is 2.10. The van der Waals surface area contributed by atoms with E-state index in [4.69, 9.17) is 4.74 Å². The number of hydrogen-bond donors (Lipinski definition) is 2. The van der Waals surface area contributed by atoms with Gasteiger partial charge in [-0.25, -0.2) is 0 Å². The molecule has 0 radical (unpaired) electrons. The van der Waals surface area contributed by atoms with E-state index in [1.165, 1.54) is 0 Å². The number of hydrogen-bond acceptors (Lipinski definition) is 4. The van der Waals surface area contributed by atoms with Crippen molar-refractivity contribution >= 4 is 11.6 Å². The zero-order chi connectivity index (χ0) is 16.6. The molecule has 6 nitrogen and oxygen atoms in total. The van der Waals surface area contributed by atoms with Crippen molar-refractivity contribution in [3.63, 3.8) is 0 Å². The average Bonchev–Trinajstić information content (AvgIpc) is 3.09. The topological polar surface area (TPSA) is 68.2 Å². The minimum absolute atomic E-state index is 0.0915. The Labute approximate surface area is 141 Å². The summed E-state index contributed by atoms with van der Waals surface area (Å²) in [5.41, 5.74) is 1.92. The molecule has 6 heteroatoms. The molecule has 0 aliphatic carbocycles. The second-order valence-electron chi connectivity index (χ2n) is 5.79. The summed E-state index contributed by atoms with van der Waals surface area (Å²) in [5.74, 6) is -0.0915. The Balaban J connectivity index is 1.46. The molecular formula is C18H22N4O2. The predicted molar refractivity (Wildman–Crippen MR) is 92.3 cm³/mol. The minimum atomic E-state index is -0.0915. The van der Waals surface area contributed by atoms with E-state index in [-0.39, 0.29) is 18.6 Å². The standard InChI is InChI=1S/C18H22N4O2/c23-18(14-22-9-4-8-20-22)21-16-6-3-5-15(11-16)12-19-13-17-7-1-2-10-24-17/h2-6,8-11,17,19H,1,7,12-14H2,(H,21,23). The summed E-state index contributed by atoms with van der Waals surface area (Å²) in [6, 6.07) is 9.65. The second-order valence-corrected chi connectivity index (χ2v) is 5.79. The molecule has 1 amide bonds. The fourth-order valence-corrected chi connectivity index (χ4v) is 2.61. The van der Waals surface area contributed by atoms with Gasteiger partial charge >= 0.3 is 0 Å². The van der Waals surface area contributed by atoms with Crippen LogP contribution in [0.25, 0.3) is 0 Å². The van der Waals surface area contributed by atoms with Crippen molar-refractivity contribution < 1.29 is 9.53 Å². The van der Waals surface area contributed by atoms with Gasteiger partial charge in [0.1, 0.15) is 12.6 Å². The van der Waals surface area contributed by atoms with Crippen LogP contribution in [0.5, 0.6) is 0 Å². The fraction of sp³-hybridized carbons (Fsp3) is 0.333. The number of benzene rings is 1. The molecule has 2 aromatic rings. The van der Waals surface area contributed by atoms with E-state index in [1.54, 1.807) is 29.4 Å². The average molecular weight is 326 g/mol. The van der Waals surface area contributed by atoms with E-state index in [2.05, 4.69) is 15.7 Å². The molecule has 0 bridgehead atoms. The highest BCUT2D eigenvalue weighted by molar-refractivity contribution is 5.90. The molecular weight excluding hydrogens is 304 g/mol. The Kier molecular flexibility index (Phi) is 5.63. The number of anilines is 1. The minimum Gasteiger partial charge on any atom is -0.497 e. The van der Waals surface area contributed by atoms with Gasteiger partial charge in [0.25, 0.3) is 0 Å². The Morgan fingerprint density at radius 2 is 2.33 bits per heavy atom. The molecule has 0 spiro atoms. The number of carbonyl (C=O) groups excluding carboxylic acids is 1. The first kappa shape index (κ1) is 16.3. The van der Waals surface area contributed by atoms with Gasteiger partial charge < -0.3 is 15.4 Å². The first-order chi connectivity index (χ1) is 11.8. The van der Waals surface area contributed by atoms with Gasteiger partial charge in [-0.1, -0.05) is 12.1 Å². The molecule has 2 heterocycles. The largest absolute Gasteiger partial charge is 0.497 e. The van der Waals surface area contributed by atoms with Gasteiger partial charge in [-0.2, -0.15) is 5.10 Å². The molecule has 24 heavy (non-hydrogen) atoms.